The predicted octanol–water partition coefficient (Wildman–Crippen LogP) is 4.45. The second-order valence-corrected chi connectivity index (χ2v) is 7.25. The third-order valence-electron chi connectivity index (χ3n) is 4.82. The third-order valence-corrected chi connectivity index (χ3v) is 4.82. The Morgan fingerprint density at radius 3 is 2.44 bits per heavy atom. The number of hydrogen-bond acceptors (Lipinski definition) is 4. The van der Waals surface area contributed by atoms with Crippen molar-refractivity contribution >= 4 is 17.5 Å². The summed E-state index contributed by atoms with van der Waals surface area (Å²) in [6.45, 7) is 0. The molecule has 2 amide bonds. The van der Waals surface area contributed by atoms with Crippen LogP contribution in [0.4, 0.5) is 23.2 Å². The maximum Gasteiger partial charge on any atom is 0.416 e. The van der Waals surface area contributed by atoms with E-state index in [0.29, 0.717) is 6.07 Å². The monoisotopic (exact) mass is 444 g/mol. The molecule has 1 aliphatic carbocycles. The molecule has 0 unspecified atom stereocenters. The molecule has 0 atom stereocenters. The summed E-state index contributed by atoms with van der Waals surface area (Å²) in [5.74, 6) is -2.10. The molecular weight excluding hydrogens is 428 g/mol. The van der Waals surface area contributed by atoms with Gasteiger partial charge in [-0.1, -0.05) is 6.07 Å². The fraction of sp³-hybridized carbons (Fsp3) is 0.182. The predicted molar refractivity (Wildman–Crippen MR) is 107 cm³/mol. The number of halogens is 4. The van der Waals surface area contributed by atoms with Gasteiger partial charge in [0, 0.05) is 35.1 Å². The first-order chi connectivity index (χ1) is 15.2. The largest absolute Gasteiger partial charge is 0.416 e. The molecule has 0 spiro atoms. The first-order valence-corrected chi connectivity index (χ1v) is 9.62. The number of nitrogens with one attached hydrogen (secondary N) is 2. The Kier molecular flexibility index (Phi) is 5.60. The van der Waals surface area contributed by atoms with Gasteiger partial charge in [-0.15, -0.1) is 0 Å². The number of carbonyl (C=O) groups excluding carboxylic acids is 2. The van der Waals surface area contributed by atoms with Crippen LogP contribution in [0.1, 0.15) is 39.3 Å². The van der Waals surface area contributed by atoms with Crippen LogP contribution in [-0.4, -0.2) is 27.8 Å². The average molecular weight is 444 g/mol. The Hall–Kier alpha value is -3.82. The molecular formula is C22H16F4N4O2. The van der Waals surface area contributed by atoms with Crippen LogP contribution in [0.15, 0.2) is 55.0 Å². The quantitative estimate of drug-likeness (QED) is 0.570. The van der Waals surface area contributed by atoms with Gasteiger partial charge in [0.2, 0.25) is 0 Å². The van der Waals surface area contributed by atoms with E-state index in [9.17, 15) is 27.2 Å². The maximum atomic E-state index is 14.5. The number of aromatic nitrogens is 2. The molecule has 2 N–H and O–H groups in total. The smallest absolute Gasteiger partial charge is 0.348 e. The van der Waals surface area contributed by atoms with Crippen molar-refractivity contribution in [2.45, 2.75) is 25.1 Å². The summed E-state index contributed by atoms with van der Waals surface area (Å²) in [4.78, 5) is 32.8. The van der Waals surface area contributed by atoms with Gasteiger partial charge >= 0.3 is 6.18 Å². The number of pyridine rings is 2. The summed E-state index contributed by atoms with van der Waals surface area (Å²) in [6.07, 6.45) is 1.02. The molecule has 6 nitrogen and oxygen atoms in total. The van der Waals surface area contributed by atoms with E-state index in [1.165, 1.54) is 36.8 Å². The SMILES string of the molecule is O=C(Nc1cnccc1-c1ccc(C(F)(F)F)cc1F)c1ccnc(C(=O)NC2CC2)c1. The summed E-state index contributed by atoms with van der Waals surface area (Å²) < 4.78 is 53.0. The van der Waals surface area contributed by atoms with Gasteiger partial charge in [0.15, 0.2) is 0 Å². The van der Waals surface area contributed by atoms with Crippen LogP contribution < -0.4 is 10.6 Å². The summed E-state index contributed by atoms with van der Waals surface area (Å²) >= 11 is 0. The molecule has 1 fully saturated rings. The number of carbonyl (C=O) groups is 2. The van der Waals surface area contributed by atoms with Crippen molar-refractivity contribution < 1.29 is 27.2 Å². The van der Waals surface area contributed by atoms with Crippen LogP contribution in [0.25, 0.3) is 11.1 Å². The lowest BCUT2D eigenvalue weighted by molar-refractivity contribution is -0.137. The molecule has 1 aliphatic rings. The Morgan fingerprint density at radius 2 is 1.75 bits per heavy atom. The van der Waals surface area contributed by atoms with E-state index in [2.05, 4.69) is 20.6 Å². The van der Waals surface area contributed by atoms with E-state index >= 15 is 0 Å². The number of benzene rings is 1. The summed E-state index contributed by atoms with van der Waals surface area (Å²) in [5, 5.41) is 5.34. The summed E-state index contributed by atoms with van der Waals surface area (Å²) in [7, 11) is 0. The zero-order chi connectivity index (χ0) is 22.9. The van der Waals surface area contributed by atoms with Crippen LogP contribution in [0.3, 0.4) is 0 Å². The Labute approximate surface area is 179 Å². The third kappa shape index (κ3) is 4.74. The first kappa shape index (κ1) is 21.4. The fourth-order valence-electron chi connectivity index (χ4n) is 3.02. The van der Waals surface area contributed by atoms with Crippen molar-refractivity contribution in [2.75, 3.05) is 5.32 Å². The van der Waals surface area contributed by atoms with Gasteiger partial charge in [-0.2, -0.15) is 13.2 Å². The van der Waals surface area contributed by atoms with E-state index in [-0.39, 0.29) is 34.1 Å². The van der Waals surface area contributed by atoms with Crippen molar-refractivity contribution in [2.24, 2.45) is 0 Å². The van der Waals surface area contributed by atoms with Gasteiger partial charge in [-0.3, -0.25) is 19.6 Å². The second kappa shape index (κ2) is 8.37. The molecule has 32 heavy (non-hydrogen) atoms. The number of alkyl halides is 3. The van der Waals surface area contributed by atoms with Gasteiger partial charge in [-0.25, -0.2) is 4.39 Å². The van der Waals surface area contributed by atoms with Gasteiger partial charge < -0.3 is 10.6 Å². The lowest BCUT2D eigenvalue weighted by Gasteiger charge is -2.13. The maximum absolute atomic E-state index is 14.5. The molecule has 4 rings (SSSR count). The summed E-state index contributed by atoms with van der Waals surface area (Å²) in [6, 6.07) is 6.38. The van der Waals surface area contributed by atoms with E-state index in [1.807, 2.05) is 0 Å². The highest BCUT2D eigenvalue weighted by Gasteiger charge is 2.31. The van der Waals surface area contributed by atoms with Crippen molar-refractivity contribution in [3.05, 3.63) is 77.6 Å². The van der Waals surface area contributed by atoms with E-state index < -0.39 is 29.4 Å². The number of anilines is 1. The van der Waals surface area contributed by atoms with Crippen molar-refractivity contribution in [3.63, 3.8) is 0 Å². The lowest BCUT2D eigenvalue weighted by Crippen LogP contribution is -2.26. The highest BCUT2D eigenvalue weighted by molar-refractivity contribution is 6.07. The van der Waals surface area contributed by atoms with Crippen molar-refractivity contribution in [1.82, 2.24) is 15.3 Å². The normalized spacial score (nSPS) is 13.5. The van der Waals surface area contributed by atoms with Gasteiger partial charge in [-0.05, 0) is 43.2 Å². The number of nitrogens with zero attached hydrogens (tertiary/aromatic N) is 2. The Balaban J connectivity index is 1.59. The average Bonchev–Trinajstić information content (AvgIpc) is 3.57. The molecule has 2 aromatic heterocycles. The molecule has 0 saturated heterocycles. The highest BCUT2D eigenvalue weighted by Crippen LogP contribution is 2.35. The Morgan fingerprint density at radius 1 is 0.969 bits per heavy atom. The van der Waals surface area contributed by atoms with Gasteiger partial charge in [0.05, 0.1) is 17.4 Å². The minimum Gasteiger partial charge on any atom is -0.348 e. The molecule has 0 aliphatic heterocycles. The fourth-order valence-corrected chi connectivity index (χ4v) is 3.02. The van der Waals surface area contributed by atoms with E-state index in [4.69, 9.17) is 0 Å². The van der Waals surface area contributed by atoms with Crippen LogP contribution in [-0.2, 0) is 6.18 Å². The summed E-state index contributed by atoms with van der Waals surface area (Å²) in [5.41, 5.74) is -0.798. The molecule has 0 bridgehead atoms. The molecule has 0 radical (unpaired) electrons. The zero-order valence-corrected chi connectivity index (χ0v) is 16.4. The van der Waals surface area contributed by atoms with Crippen LogP contribution in [0.2, 0.25) is 0 Å². The topological polar surface area (TPSA) is 84.0 Å². The minimum absolute atomic E-state index is 0.0738. The molecule has 1 saturated carbocycles. The molecule has 164 valence electrons. The number of amides is 2. The lowest BCUT2D eigenvalue weighted by atomic mass is 10.0. The number of rotatable bonds is 5. The standard InChI is InChI=1S/C22H16F4N4O2/c23-17-10-13(22(24,25)26)1-4-15(17)16-6-7-27-11-19(16)30-20(31)12-5-8-28-18(9-12)21(32)29-14-2-3-14/h1,4-11,14H,2-3H2,(H,29,32)(H,30,31). The van der Waals surface area contributed by atoms with E-state index in [1.54, 1.807) is 0 Å². The van der Waals surface area contributed by atoms with Crippen LogP contribution in [0, 0.1) is 5.82 Å². The van der Waals surface area contributed by atoms with E-state index in [0.717, 1.165) is 25.0 Å². The van der Waals surface area contributed by atoms with Gasteiger partial charge in [0.1, 0.15) is 11.5 Å². The van der Waals surface area contributed by atoms with Crippen molar-refractivity contribution in [1.29, 1.82) is 0 Å². The van der Waals surface area contributed by atoms with Gasteiger partial charge in [0.25, 0.3) is 11.8 Å². The number of hydrogen-bond donors (Lipinski definition) is 2. The Bertz CT molecular complexity index is 1190. The minimum atomic E-state index is -4.68. The zero-order valence-electron chi connectivity index (χ0n) is 16.4. The molecule has 2 heterocycles. The molecule has 10 heteroatoms. The van der Waals surface area contributed by atoms with Crippen molar-refractivity contribution in [3.8, 4) is 11.1 Å². The van der Waals surface area contributed by atoms with Crippen LogP contribution in [0.5, 0.6) is 0 Å². The molecule has 3 aromatic rings. The highest BCUT2D eigenvalue weighted by atomic mass is 19.4. The molecule has 1 aromatic carbocycles. The first-order valence-electron chi connectivity index (χ1n) is 9.62. The van der Waals surface area contributed by atoms with Crippen LogP contribution >= 0.6 is 0 Å². The second-order valence-electron chi connectivity index (χ2n) is 7.25.